The molecule has 0 bridgehead atoms. The second-order valence-corrected chi connectivity index (χ2v) is 7.09. The van der Waals surface area contributed by atoms with Gasteiger partial charge in [0, 0.05) is 12.6 Å². The highest BCUT2D eigenvalue weighted by molar-refractivity contribution is 4.97. The number of rotatable bonds is 12. The second kappa shape index (κ2) is 9.00. The quantitative estimate of drug-likeness (QED) is 0.458. The maximum Gasteiger partial charge on any atom is 0.00672 e. The van der Waals surface area contributed by atoms with E-state index in [0.29, 0.717) is 5.41 Å². The van der Waals surface area contributed by atoms with Crippen molar-refractivity contribution in [2.45, 2.75) is 97.9 Å². The van der Waals surface area contributed by atoms with Crippen LogP contribution in [-0.4, -0.2) is 12.6 Å². The Morgan fingerprint density at radius 3 is 1.79 bits per heavy atom. The summed E-state index contributed by atoms with van der Waals surface area (Å²) in [4.78, 5) is 0. The number of hydrogen-bond acceptors (Lipinski definition) is 1. The van der Waals surface area contributed by atoms with Gasteiger partial charge in [0.15, 0.2) is 0 Å². The number of unbranched alkanes of at least 4 members (excludes halogenated alkanes) is 4. The van der Waals surface area contributed by atoms with E-state index in [2.05, 4.69) is 33.0 Å². The first kappa shape index (κ1) is 17.0. The largest absolute Gasteiger partial charge is 0.313 e. The van der Waals surface area contributed by atoms with Crippen LogP contribution in [0.15, 0.2) is 0 Å². The van der Waals surface area contributed by atoms with Crippen molar-refractivity contribution >= 4 is 0 Å². The lowest BCUT2D eigenvalue weighted by Crippen LogP contribution is -2.36. The Morgan fingerprint density at radius 2 is 1.42 bits per heavy atom. The summed E-state index contributed by atoms with van der Waals surface area (Å²) in [5.74, 6) is 0.854. The average Bonchev–Trinajstić information content (AvgIpc) is 3.17. The summed E-state index contributed by atoms with van der Waals surface area (Å²) in [6.07, 6.45) is 14.0. The summed E-state index contributed by atoms with van der Waals surface area (Å²) >= 11 is 0. The zero-order valence-electron chi connectivity index (χ0n) is 13.9. The van der Waals surface area contributed by atoms with Crippen LogP contribution < -0.4 is 5.32 Å². The van der Waals surface area contributed by atoms with Crippen LogP contribution in [-0.2, 0) is 0 Å². The molecule has 1 saturated carbocycles. The van der Waals surface area contributed by atoms with Crippen LogP contribution in [0, 0.1) is 11.3 Å². The van der Waals surface area contributed by atoms with Crippen LogP contribution in [0.2, 0.25) is 0 Å². The van der Waals surface area contributed by atoms with E-state index in [1.54, 1.807) is 0 Å². The minimum absolute atomic E-state index is 0.660. The van der Waals surface area contributed by atoms with E-state index in [-0.39, 0.29) is 0 Å². The van der Waals surface area contributed by atoms with Gasteiger partial charge in [0.2, 0.25) is 0 Å². The minimum Gasteiger partial charge on any atom is -0.313 e. The van der Waals surface area contributed by atoms with Crippen LogP contribution in [0.25, 0.3) is 0 Å². The molecule has 0 aromatic carbocycles. The van der Waals surface area contributed by atoms with Crippen LogP contribution in [0.5, 0.6) is 0 Å². The minimum atomic E-state index is 0.660. The summed E-state index contributed by atoms with van der Waals surface area (Å²) in [6.45, 7) is 10.7. The molecule has 1 rings (SSSR count). The van der Waals surface area contributed by atoms with Gasteiger partial charge < -0.3 is 5.32 Å². The van der Waals surface area contributed by atoms with Crippen LogP contribution >= 0.6 is 0 Å². The smallest absolute Gasteiger partial charge is 0.00672 e. The molecule has 19 heavy (non-hydrogen) atoms. The monoisotopic (exact) mass is 267 g/mol. The molecule has 1 nitrogen and oxygen atoms in total. The third kappa shape index (κ3) is 6.29. The molecular weight excluding hydrogens is 230 g/mol. The number of hydrogen-bond donors (Lipinski definition) is 1. The highest BCUT2D eigenvalue weighted by atomic mass is 14.9. The Labute approximate surface area is 121 Å². The van der Waals surface area contributed by atoms with Crippen molar-refractivity contribution < 1.29 is 0 Å². The predicted molar refractivity (Wildman–Crippen MR) is 86.6 cm³/mol. The maximum atomic E-state index is 3.92. The molecule has 0 atom stereocenters. The molecule has 0 unspecified atom stereocenters. The fraction of sp³-hybridized carbons (Fsp3) is 1.00. The Kier molecular flexibility index (Phi) is 8.06. The van der Waals surface area contributed by atoms with Crippen LogP contribution in [0.4, 0.5) is 0 Å². The molecule has 1 N–H and O–H groups in total. The van der Waals surface area contributed by atoms with Gasteiger partial charge in [0.25, 0.3) is 0 Å². The molecule has 1 heteroatoms. The zero-order valence-corrected chi connectivity index (χ0v) is 13.9. The van der Waals surface area contributed by atoms with Crippen molar-refractivity contribution in [1.29, 1.82) is 0 Å². The Bertz CT molecular complexity index is 208. The Morgan fingerprint density at radius 1 is 0.895 bits per heavy atom. The molecule has 114 valence electrons. The van der Waals surface area contributed by atoms with Gasteiger partial charge in [0.1, 0.15) is 0 Å². The summed E-state index contributed by atoms with van der Waals surface area (Å²) in [7, 11) is 0. The Hall–Kier alpha value is -0.0400. The van der Waals surface area contributed by atoms with Gasteiger partial charge in [-0.25, -0.2) is 0 Å². The van der Waals surface area contributed by atoms with Crippen molar-refractivity contribution in [3.05, 3.63) is 0 Å². The van der Waals surface area contributed by atoms with Crippen LogP contribution in [0.1, 0.15) is 91.9 Å². The summed E-state index contributed by atoms with van der Waals surface area (Å²) in [5, 5.41) is 3.92. The molecular formula is C18H37N. The maximum absolute atomic E-state index is 3.92. The number of nitrogens with one attached hydrogen (secondary N) is 1. The van der Waals surface area contributed by atoms with Gasteiger partial charge in [-0.3, -0.25) is 0 Å². The van der Waals surface area contributed by atoms with Crippen molar-refractivity contribution in [2.75, 3.05) is 6.54 Å². The molecule has 0 aromatic heterocycles. The van der Waals surface area contributed by atoms with E-state index in [1.165, 1.54) is 70.8 Å². The average molecular weight is 268 g/mol. The van der Waals surface area contributed by atoms with Crippen molar-refractivity contribution in [1.82, 2.24) is 5.32 Å². The van der Waals surface area contributed by atoms with Gasteiger partial charge in [-0.05, 0) is 37.0 Å². The topological polar surface area (TPSA) is 12.0 Å². The lowest BCUT2D eigenvalue weighted by atomic mass is 9.91. The molecule has 1 aliphatic rings. The van der Waals surface area contributed by atoms with Gasteiger partial charge >= 0.3 is 0 Å². The van der Waals surface area contributed by atoms with Crippen molar-refractivity contribution in [3.8, 4) is 0 Å². The molecule has 1 fully saturated rings. The van der Waals surface area contributed by atoms with Crippen LogP contribution in [0.3, 0.4) is 0 Å². The molecule has 0 aliphatic heterocycles. The zero-order chi connectivity index (χ0) is 14.1. The molecule has 0 radical (unpaired) electrons. The van der Waals surface area contributed by atoms with Gasteiger partial charge in [-0.2, -0.15) is 0 Å². The molecule has 0 aromatic rings. The first-order chi connectivity index (χ1) is 9.14. The van der Waals surface area contributed by atoms with Crippen molar-refractivity contribution in [2.24, 2.45) is 11.3 Å². The SMILES string of the molecule is CCCCCC(CCCCC)NCC1(C(C)C)CC1. The fourth-order valence-corrected chi connectivity index (χ4v) is 3.10. The Balaban J connectivity index is 2.26. The summed E-state index contributed by atoms with van der Waals surface area (Å²) in [5.41, 5.74) is 0.660. The normalized spacial score (nSPS) is 17.4. The molecule has 0 amide bonds. The molecule has 1 aliphatic carbocycles. The van der Waals surface area contributed by atoms with E-state index in [1.807, 2.05) is 0 Å². The van der Waals surface area contributed by atoms with E-state index >= 15 is 0 Å². The van der Waals surface area contributed by atoms with Gasteiger partial charge in [0.05, 0.1) is 0 Å². The first-order valence-corrected chi connectivity index (χ1v) is 8.88. The fourth-order valence-electron chi connectivity index (χ4n) is 3.10. The lowest BCUT2D eigenvalue weighted by Gasteiger charge is -2.25. The molecule has 0 spiro atoms. The second-order valence-electron chi connectivity index (χ2n) is 7.09. The van der Waals surface area contributed by atoms with E-state index in [9.17, 15) is 0 Å². The predicted octanol–water partition coefficient (Wildman–Crippen LogP) is 5.54. The van der Waals surface area contributed by atoms with E-state index in [4.69, 9.17) is 0 Å². The van der Waals surface area contributed by atoms with Gasteiger partial charge in [-0.15, -0.1) is 0 Å². The standard InChI is InChI=1S/C18H37N/c1-5-7-9-11-17(12-10-8-6-2)19-15-18(13-14-18)16(3)4/h16-17,19H,5-15H2,1-4H3. The molecule has 0 heterocycles. The highest BCUT2D eigenvalue weighted by Gasteiger charge is 2.44. The lowest BCUT2D eigenvalue weighted by molar-refractivity contribution is 0.304. The first-order valence-electron chi connectivity index (χ1n) is 8.88. The van der Waals surface area contributed by atoms with Crippen molar-refractivity contribution in [3.63, 3.8) is 0 Å². The van der Waals surface area contributed by atoms with E-state index in [0.717, 1.165) is 12.0 Å². The highest BCUT2D eigenvalue weighted by Crippen LogP contribution is 2.51. The van der Waals surface area contributed by atoms with E-state index < -0.39 is 0 Å². The third-order valence-electron chi connectivity index (χ3n) is 5.17. The third-order valence-corrected chi connectivity index (χ3v) is 5.17. The molecule has 0 saturated heterocycles. The van der Waals surface area contributed by atoms with Gasteiger partial charge in [-0.1, -0.05) is 66.2 Å². The summed E-state index contributed by atoms with van der Waals surface area (Å²) in [6, 6.07) is 0.786. The summed E-state index contributed by atoms with van der Waals surface area (Å²) < 4.78 is 0.